The first-order chi connectivity index (χ1) is 12.5. The van der Waals surface area contributed by atoms with Gasteiger partial charge in [-0.2, -0.15) is 0 Å². The maximum atomic E-state index is 12.5. The molecule has 1 aromatic heterocycles. The smallest absolute Gasteiger partial charge is 0.255 e. The number of amides is 1. The van der Waals surface area contributed by atoms with Gasteiger partial charge in [-0.05, 0) is 42.9 Å². The third-order valence-electron chi connectivity index (χ3n) is 3.60. The molecule has 2 rings (SSSR count). The molecule has 0 unspecified atom stereocenters. The largest absolute Gasteiger partial charge is 0.365 e. The summed E-state index contributed by atoms with van der Waals surface area (Å²) in [7, 11) is -3.37. The number of halogens is 1. The lowest BCUT2D eigenvalue weighted by Crippen LogP contribution is -2.16. The molecule has 0 aliphatic heterocycles. The number of rotatable bonds is 7. The molecular formula is C17H21ClN4O3S2. The number of anilines is 2. The maximum absolute atomic E-state index is 12.5. The van der Waals surface area contributed by atoms with E-state index in [1.165, 1.54) is 17.8 Å². The quantitative estimate of drug-likeness (QED) is 0.394. The summed E-state index contributed by atoms with van der Waals surface area (Å²) in [5, 5.41) is 3.32. The molecule has 0 spiro atoms. The number of carbonyl (C=O) groups is 1. The van der Waals surface area contributed by atoms with Gasteiger partial charge in [0.15, 0.2) is 15.0 Å². The second-order valence-electron chi connectivity index (χ2n) is 6.37. The highest BCUT2D eigenvalue weighted by atomic mass is 35.5. The average molecular weight is 429 g/mol. The van der Waals surface area contributed by atoms with E-state index >= 15 is 0 Å². The van der Waals surface area contributed by atoms with E-state index in [9.17, 15) is 13.2 Å². The summed E-state index contributed by atoms with van der Waals surface area (Å²) in [6, 6.07) is 4.82. The molecule has 27 heavy (non-hydrogen) atoms. The van der Waals surface area contributed by atoms with E-state index in [0.29, 0.717) is 16.4 Å². The van der Waals surface area contributed by atoms with E-state index < -0.39 is 15.7 Å². The predicted octanol–water partition coefficient (Wildman–Crippen LogP) is 3.43. The minimum atomic E-state index is -3.37. The first-order valence-electron chi connectivity index (χ1n) is 8.07. The zero-order valence-corrected chi connectivity index (χ0v) is 17.8. The Hall–Kier alpha value is -1.84. The lowest BCUT2D eigenvalue weighted by molar-refractivity contribution is 0.100. The van der Waals surface area contributed by atoms with Gasteiger partial charge in [0.1, 0.15) is 16.5 Å². The van der Waals surface area contributed by atoms with Gasteiger partial charge in [0.25, 0.3) is 5.91 Å². The molecule has 0 aliphatic rings. The Morgan fingerprint density at radius 3 is 2.52 bits per heavy atom. The van der Waals surface area contributed by atoms with Crippen molar-refractivity contribution in [1.29, 1.82) is 0 Å². The number of benzene rings is 1. The molecule has 0 radical (unpaired) electrons. The van der Waals surface area contributed by atoms with Crippen LogP contribution in [0.2, 0.25) is 5.15 Å². The summed E-state index contributed by atoms with van der Waals surface area (Å²) >= 11 is 7.32. The molecule has 0 bridgehead atoms. The Labute approximate surface area is 168 Å². The first-order valence-corrected chi connectivity index (χ1v) is 11.3. The fraction of sp³-hybridized carbons (Fsp3) is 0.353. The number of primary amides is 1. The molecule has 1 aromatic carbocycles. The van der Waals surface area contributed by atoms with Gasteiger partial charge in [-0.1, -0.05) is 37.2 Å². The lowest BCUT2D eigenvalue weighted by Gasteiger charge is -2.14. The van der Waals surface area contributed by atoms with Crippen molar-refractivity contribution in [2.24, 2.45) is 11.7 Å². The molecule has 1 heterocycles. The van der Waals surface area contributed by atoms with E-state index in [0.717, 1.165) is 0 Å². The number of sulfone groups is 1. The minimum Gasteiger partial charge on any atom is -0.365 e. The third kappa shape index (κ3) is 5.12. The van der Waals surface area contributed by atoms with Crippen LogP contribution < -0.4 is 11.1 Å². The molecule has 3 N–H and O–H groups in total. The zero-order valence-electron chi connectivity index (χ0n) is 15.4. The molecule has 0 saturated heterocycles. The van der Waals surface area contributed by atoms with E-state index in [2.05, 4.69) is 15.3 Å². The van der Waals surface area contributed by atoms with Crippen LogP contribution in [-0.2, 0) is 9.84 Å². The van der Waals surface area contributed by atoms with Gasteiger partial charge in [0, 0.05) is 5.69 Å². The highest BCUT2D eigenvalue weighted by molar-refractivity contribution is 7.98. The molecule has 0 aliphatic carbocycles. The minimum absolute atomic E-state index is 0.0244. The number of hydrogen-bond donors (Lipinski definition) is 2. The number of aryl methyl sites for hydroxylation is 1. The van der Waals surface area contributed by atoms with Crippen molar-refractivity contribution in [1.82, 2.24) is 9.97 Å². The summed E-state index contributed by atoms with van der Waals surface area (Å²) in [6.45, 7) is 5.43. The molecule has 0 saturated carbocycles. The highest BCUT2D eigenvalue weighted by Crippen LogP contribution is 2.28. The molecule has 0 fully saturated rings. The average Bonchev–Trinajstić information content (AvgIpc) is 2.52. The van der Waals surface area contributed by atoms with Crippen LogP contribution >= 0.6 is 23.4 Å². The standard InChI is InChI=1S/C17H21ClN4O3S2/c1-9(2)8-27(24,25)12-6-5-11(7-10(12)3)20-16-13(15(19)23)14(18)21-17(22-16)26-4/h5-7,9H,8H2,1-4H3,(H2,19,23)(H,20,21,22). The van der Waals surface area contributed by atoms with Crippen LogP contribution in [0.3, 0.4) is 0 Å². The fourth-order valence-electron chi connectivity index (χ4n) is 2.56. The second kappa shape index (κ2) is 8.45. The number of nitrogens with zero attached hydrogens (tertiary/aromatic N) is 2. The summed E-state index contributed by atoms with van der Waals surface area (Å²) in [5.74, 6) is -0.490. The second-order valence-corrected chi connectivity index (χ2v) is 9.50. The van der Waals surface area contributed by atoms with Gasteiger partial charge in [-0.3, -0.25) is 4.79 Å². The lowest BCUT2D eigenvalue weighted by atomic mass is 10.2. The summed E-state index contributed by atoms with van der Waals surface area (Å²) < 4.78 is 25.0. The summed E-state index contributed by atoms with van der Waals surface area (Å²) in [5.41, 5.74) is 6.51. The normalized spacial score (nSPS) is 11.6. The van der Waals surface area contributed by atoms with Crippen molar-refractivity contribution in [2.75, 3.05) is 17.3 Å². The van der Waals surface area contributed by atoms with Crippen LogP contribution in [0.25, 0.3) is 0 Å². The van der Waals surface area contributed by atoms with Crippen LogP contribution in [0.1, 0.15) is 29.8 Å². The SMILES string of the molecule is CSc1nc(Cl)c(C(N)=O)c(Nc2ccc(S(=O)(=O)CC(C)C)c(C)c2)n1. The molecular weight excluding hydrogens is 408 g/mol. The third-order valence-corrected chi connectivity index (χ3v) is 6.65. The van der Waals surface area contributed by atoms with Gasteiger partial charge in [-0.15, -0.1) is 0 Å². The van der Waals surface area contributed by atoms with Gasteiger partial charge < -0.3 is 11.1 Å². The molecule has 146 valence electrons. The van der Waals surface area contributed by atoms with Gasteiger partial charge in [-0.25, -0.2) is 18.4 Å². The Morgan fingerprint density at radius 1 is 1.33 bits per heavy atom. The van der Waals surface area contributed by atoms with Crippen LogP contribution in [0.5, 0.6) is 0 Å². The Bertz CT molecular complexity index is 978. The maximum Gasteiger partial charge on any atom is 0.255 e. The number of hydrogen-bond acceptors (Lipinski definition) is 7. The number of nitrogens with one attached hydrogen (secondary N) is 1. The van der Waals surface area contributed by atoms with Crippen molar-refractivity contribution in [3.8, 4) is 0 Å². The van der Waals surface area contributed by atoms with Gasteiger partial charge in [0.2, 0.25) is 0 Å². The Morgan fingerprint density at radius 2 is 2.00 bits per heavy atom. The number of carbonyl (C=O) groups excluding carboxylic acids is 1. The monoisotopic (exact) mass is 428 g/mol. The number of thioether (sulfide) groups is 1. The topological polar surface area (TPSA) is 115 Å². The zero-order chi connectivity index (χ0) is 20.4. The van der Waals surface area contributed by atoms with Crippen LogP contribution in [-0.4, -0.2) is 36.3 Å². The van der Waals surface area contributed by atoms with E-state index in [4.69, 9.17) is 17.3 Å². The van der Waals surface area contributed by atoms with Crippen molar-refractivity contribution in [3.05, 3.63) is 34.5 Å². The molecule has 0 atom stereocenters. The van der Waals surface area contributed by atoms with Crippen molar-refractivity contribution < 1.29 is 13.2 Å². The molecule has 10 heteroatoms. The summed E-state index contributed by atoms with van der Waals surface area (Å²) in [6.07, 6.45) is 1.78. The molecule has 2 aromatic rings. The number of nitrogens with two attached hydrogens (primary N) is 1. The van der Waals surface area contributed by atoms with Crippen LogP contribution in [0, 0.1) is 12.8 Å². The highest BCUT2D eigenvalue weighted by Gasteiger charge is 2.21. The van der Waals surface area contributed by atoms with Crippen LogP contribution in [0.4, 0.5) is 11.5 Å². The fourth-order valence-corrected chi connectivity index (χ4v) is 5.12. The Balaban J connectivity index is 2.44. The van der Waals surface area contributed by atoms with Crippen LogP contribution in [0.15, 0.2) is 28.3 Å². The molecule has 7 nitrogen and oxygen atoms in total. The van der Waals surface area contributed by atoms with Gasteiger partial charge in [0.05, 0.1) is 10.6 Å². The van der Waals surface area contributed by atoms with E-state index in [1.807, 2.05) is 13.8 Å². The van der Waals surface area contributed by atoms with Crippen molar-refractivity contribution in [3.63, 3.8) is 0 Å². The molecule has 1 amide bonds. The first kappa shape index (κ1) is 21.5. The number of aromatic nitrogens is 2. The van der Waals surface area contributed by atoms with Crippen molar-refractivity contribution in [2.45, 2.75) is 30.8 Å². The van der Waals surface area contributed by atoms with E-state index in [-0.39, 0.29) is 33.1 Å². The van der Waals surface area contributed by atoms with Crippen molar-refractivity contribution >= 4 is 50.6 Å². The predicted molar refractivity (Wildman–Crippen MR) is 109 cm³/mol. The van der Waals surface area contributed by atoms with Gasteiger partial charge >= 0.3 is 0 Å². The summed E-state index contributed by atoms with van der Waals surface area (Å²) in [4.78, 5) is 20.2. The Kier molecular flexibility index (Phi) is 6.72. The van der Waals surface area contributed by atoms with E-state index in [1.54, 1.807) is 25.3 Å².